The van der Waals surface area contributed by atoms with Crippen molar-refractivity contribution >= 4 is 22.8 Å². The molecule has 27 heavy (non-hydrogen) atoms. The van der Waals surface area contributed by atoms with Gasteiger partial charge >= 0.3 is 11.8 Å². The molecule has 0 saturated heterocycles. The van der Waals surface area contributed by atoms with Gasteiger partial charge in [0.25, 0.3) is 0 Å². The average Bonchev–Trinajstić information content (AvgIpc) is 2.77. The molecule has 1 aliphatic heterocycles. The smallest absolute Gasteiger partial charge is 0.407 e. The number of aryl methyl sites for hydroxylation is 1. The van der Waals surface area contributed by atoms with Crippen LogP contribution in [0, 0.1) is 10.8 Å². The number of carbonyl (C=O) groups is 1. The van der Waals surface area contributed by atoms with Crippen molar-refractivity contribution in [3.05, 3.63) is 34.4 Å². The summed E-state index contributed by atoms with van der Waals surface area (Å²) in [7, 11) is 1.74. The van der Waals surface area contributed by atoms with Crippen LogP contribution in [-0.2, 0) is 13.6 Å². The second-order valence-electron chi connectivity index (χ2n) is 9.19. The lowest BCUT2D eigenvalue weighted by Crippen LogP contribution is -2.42. The molecule has 0 atom stereocenters. The van der Waals surface area contributed by atoms with Gasteiger partial charge in [-0.15, -0.1) is 0 Å². The van der Waals surface area contributed by atoms with E-state index in [0.29, 0.717) is 25.3 Å². The van der Waals surface area contributed by atoms with Crippen molar-refractivity contribution < 1.29 is 9.90 Å². The van der Waals surface area contributed by atoms with E-state index in [9.17, 15) is 14.7 Å². The minimum absolute atomic E-state index is 0.0229. The normalized spacial score (nSPS) is 17.3. The van der Waals surface area contributed by atoms with Gasteiger partial charge in [0.15, 0.2) is 5.65 Å². The Balaban J connectivity index is 2.09. The van der Waals surface area contributed by atoms with Gasteiger partial charge in [0.2, 0.25) is 0 Å². The number of aromatic nitrogens is 3. The number of nitrogens with zero attached hydrogens (tertiary/aromatic N) is 4. The molecular weight excluding hydrogens is 344 g/mol. The first kappa shape index (κ1) is 19.2. The minimum Gasteiger partial charge on any atom is -0.465 e. The Kier molecular flexibility index (Phi) is 4.44. The summed E-state index contributed by atoms with van der Waals surface area (Å²) in [5, 5.41) is 9.27. The summed E-state index contributed by atoms with van der Waals surface area (Å²) in [5.41, 5.74) is 2.83. The van der Waals surface area contributed by atoms with Crippen molar-refractivity contribution in [3.63, 3.8) is 0 Å². The maximum Gasteiger partial charge on any atom is 0.407 e. The monoisotopic (exact) mass is 372 g/mol. The maximum absolute atomic E-state index is 12.7. The van der Waals surface area contributed by atoms with Crippen LogP contribution in [-0.4, -0.2) is 43.3 Å². The van der Waals surface area contributed by atoms with Gasteiger partial charge in [-0.1, -0.05) is 40.7 Å². The summed E-state index contributed by atoms with van der Waals surface area (Å²) in [6, 6.07) is 3.89. The molecule has 146 valence electrons. The predicted molar refractivity (Wildman–Crippen MR) is 106 cm³/mol. The molecule has 1 amide bonds. The Morgan fingerprint density at radius 3 is 2.52 bits per heavy atom. The van der Waals surface area contributed by atoms with Crippen LogP contribution in [0.3, 0.4) is 0 Å². The van der Waals surface area contributed by atoms with Gasteiger partial charge in [-0.25, -0.2) is 14.6 Å². The molecule has 2 aromatic heterocycles. The number of carboxylic acid groups (broad SMARTS) is 1. The molecule has 1 aliphatic rings. The van der Waals surface area contributed by atoms with E-state index in [1.54, 1.807) is 16.2 Å². The Hall–Kier alpha value is -2.57. The first-order chi connectivity index (χ1) is 12.4. The minimum atomic E-state index is -0.913. The molecule has 3 heterocycles. The zero-order valence-corrected chi connectivity index (χ0v) is 16.9. The zero-order chi connectivity index (χ0) is 20.1. The molecule has 3 rings (SSSR count). The van der Waals surface area contributed by atoms with Gasteiger partial charge in [-0.2, -0.15) is 0 Å². The highest BCUT2D eigenvalue weighted by Crippen LogP contribution is 2.37. The van der Waals surface area contributed by atoms with Crippen LogP contribution >= 0.6 is 0 Å². The summed E-state index contributed by atoms with van der Waals surface area (Å²) < 4.78 is 3.36. The highest BCUT2D eigenvalue weighted by molar-refractivity contribution is 5.78. The van der Waals surface area contributed by atoms with Gasteiger partial charge in [0, 0.05) is 32.1 Å². The first-order valence-electron chi connectivity index (χ1n) is 9.16. The molecule has 0 spiro atoms. The fourth-order valence-electron chi connectivity index (χ4n) is 3.75. The van der Waals surface area contributed by atoms with Crippen LogP contribution < -0.4 is 5.69 Å². The van der Waals surface area contributed by atoms with Crippen molar-refractivity contribution in [2.24, 2.45) is 17.9 Å². The molecule has 0 aromatic carbocycles. The van der Waals surface area contributed by atoms with Crippen LogP contribution in [0.5, 0.6) is 0 Å². The Morgan fingerprint density at radius 2 is 1.96 bits per heavy atom. The van der Waals surface area contributed by atoms with Gasteiger partial charge in [0.1, 0.15) is 0 Å². The van der Waals surface area contributed by atoms with E-state index < -0.39 is 6.09 Å². The molecule has 7 nitrogen and oxygen atoms in total. The largest absolute Gasteiger partial charge is 0.465 e. The molecule has 0 unspecified atom stereocenters. The van der Waals surface area contributed by atoms with E-state index >= 15 is 0 Å². The van der Waals surface area contributed by atoms with Gasteiger partial charge in [-0.05, 0) is 23.1 Å². The standard InChI is InChI=1S/C20H28N4O3/c1-19(2,3)11-24-15-8-7-14(21-16(15)22(6)17(24)25)13-9-10-23(18(26)27)12-20(13,4)5/h7-9H,10-12H2,1-6H3,(H,26,27). The number of fused-ring (bicyclic) bond motifs is 1. The van der Waals surface area contributed by atoms with Crippen molar-refractivity contribution in [1.82, 2.24) is 19.0 Å². The lowest BCUT2D eigenvalue weighted by molar-refractivity contribution is 0.135. The van der Waals surface area contributed by atoms with E-state index in [1.807, 2.05) is 32.1 Å². The van der Waals surface area contributed by atoms with E-state index in [2.05, 4.69) is 20.8 Å². The van der Waals surface area contributed by atoms with Crippen LogP contribution in [0.4, 0.5) is 4.79 Å². The van der Waals surface area contributed by atoms with E-state index in [1.165, 1.54) is 4.90 Å². The van der Waals surface area contributed by atoms with E-state index in [-0.39, 0.29) is 16.5 Å². The highest BCUT2D eigenvalue weighted by atomic mass is 16.4. The lowest BCUT2D eigenvalue weighted by atomic mass is 9.79. The van der Waals surface area contributed by atoms with E-state index in [4.69, 9.17) is 4.98 Å². The van der Waals surface area contributed by atoms with Gasteiger partial charge < -0.3 is 10.0 Å². The fourth-order valence-corrected chi connectivity index (χ4v) is 3.75. The first-order valence-corrected chi connectivity index (χ1v) is 9.16. The molecule has 1 N–H and O–H groups in total. The second kappa shape index (κ2) is 6.25. The van der Waals surface area contributed by atoms with Gasteiger partial charge in [0.05, 0.1) is 11.2 Å². The molecule has 0 saturated carbocycles. The summed E-state index contributed by atoms with van der Waals surface area (Å²) >= 11 is 0. The summed E-state index contributed by atoms with van der Waals surface area (Å²) in [5.74, 6) is 0. The van der Waals surface area contributed by atoms with Gasteiger partial charge in [-0.3, -0.25) is 9.13 Å². The molecule has 2 aromatic rings. The van der Waals surface area contributed by atoms with Crippen molar-refractivity contribution in [2.45, 2.75) is 41.2 Å². The summed E-state index contributed by atoms with van der Waals surface area (Å²) in [6.07, 6.45) is 1.01. The molecule has 0 radical (unpaired) electrons. The SMILES string of the molecule is Cn1c(=O)n(CC(C)(C)C)c2ccc(C3=CCN(C(=O)O)CC3(C)C)nc21. The van der Waals surface area contributed by atoms with Crippen LogP contribution in [0.1, 0.15) is 40.3 Å². The number of hydrogen-bond acceptors (Lipinski definition) is 3. The quantitative estimate of drug-likeness (QED) is 0.878. The number of pyridine rings is 1. The lowest BCUT2D eigenvalue weighted by Gasteiger charge is -2.37. The number of imidazole rings is 1. The summed E-state index contributed by atoms with van der Waals surface area (Å²) in [4.78, 5) is 30.2. The molecule has 0 aliphatic carbocycles. The molecule has 0 fully saturated rings. The van der Waals surface area contributed by atoms with Crippen molar-refractivity contribution in [3.8, 4) is 0 Å². The van der Waals surface area contributed by atoms with Crippen molar-refractivity contribution in [2.75, 3.05) is 13.1 Å². The molecule has 0 bridgehead atoms. The van der Waals surface area contributed by atoms with Crippen LogP contribution in [0.25, 0.3) is 16.7 Å². The zero-order valence-electron chi connectivity index (χ0n) is 16.9. The number of rotatable bonds is 2. The Bertz CT molecular complexity index is 989. The maximum atomic E-state index is 12.7. The third-order valence-corrected chi connectivity index (χ3v) is 4.99. The van der Waals surface area contributed by atoms with Crippen LogP contribution in [0.15, 0.2) is 23.0 Å². The number of amides is 1. The molecule has 7 heteroatoms. The third kappa shape index (κ3) is 3.50. The predicted octanol–water partition coefficient (Wildman–Crippen LogP) is 3.18. The van der Waals surface area contributed by atoms with Crippen molar-refractivity contribution in [1.29, 1.82) is 0 Å². The van der Waals surface area contributed by atoms with Crippen LogP contribution in [0.2, 0.25) is 0 Å². The topological polar surface area (TPSA) is 80.4 Å². The third-order valence-electron chi connectivity index (χ3n) is 4.99. The molecular formula is C20H28N4O3. The Morgan fingerprint density at radius 1 is 1.30 bits per heavy atom. The highest BCUT2D eigenvalue weighted by Gasteiger charge is 2.33. The van der Waals surface area contributed by atoms with E-state index in [0.717, 1.165) is 16.8 Å². The summed E-state index contributed by atoms with van der Waals surface area (Å²) in [6.45, 7) is 11.7. The average molecular weight is 372 g/mol. The second-order valence-corrected chi connectivity index (χ2v) is 9.19. The Labute approximate surface area is 158 Å². The fraction of sp³-hybridized carbons (Fsp3) is 0.550. The number of hydrogen-bond donors (Lipinski definition) is 1.